The number of hydrogen-bond donors (Lipinski definition) is 2. The summed E-state index contributed by atoms with van der Waals surface area (Å²) in [5.41, 5.74) is 28.3. The van der Waals surface area contributed by atoms with Crippen LogP contribution in [0.2, 0.25) is 5.28 Å². The molecule has 0 atom stereocenters. The molecule has 8 aromatic heterocycles. The zero-order valence-corrected chi connectivity index (χ0v) is 67.5. The van der Waals surface area contributed by atoms with Crippen LogP contribution in [0.3, 0.4) is 0 Å². The molecule has 2 N–H and O–H groups in total. The lowest BCUT2D eigenvalue weighted by atomic mass is 9.76. The molecule has 22 rings (SSSR count). The summed E-state index contributed by atoms with van der Waals surface area (Å²) < 4.78 is 0. The Labute approximate surface area is 688 Å². The van der Waals surface area contributed by atoms with E-state index in [-0.39, 0.29) is 26.9 Å². The van der Waals surface area contributed by atoms with Gasteiger partial charge in [-0.2, -0.15) is 9.97 Å². The lowest BCUT2D eigenvalue weighted by Crippen LogP contribution is -2.31. The van der Waals surface area contributed by atoms with Crippen molar-refractivity contribution in [2.24, 2.45) is 0 Å². The van der Waals surface area contributed by atoms with Crippen molar-refractivity contribution in [1.82, 2.24) is 59.8 Å². The molecule has 0 saturated carbocycles. The van der Waals surface area contributed by atoms with Crippen molar-refractivity contribution in [2.45, 2.75) is 90.9 Å². The lowest BCUT2D eigenvalue weighted by Gasteiger charge is -2.24. The Hall–Kier alpha value is -13.6. The minimum Gasteiger partial charge on any atom is -0.423 e. The maximum atomic E-state index is 9.56. The average Bonchev–Trinajstić information content (AvgIpc) is 1.55. The summed E-state index contributed by atoms with van der Waals surface area (Å²) in [5.74, 6) is 2.65. The molecule has 4 aliphatic rings. The highest BCUT2D eigenvalue weighted by atomic mass is 35.5. The Kier molecular flexibility index (Phi) is 17.3. The highest BCUT2D eigenvalue weighted by molar-refractivity contribution is 6.58. The molecule has 0 radical (unpaired) electrons. The van der Waals surface area contributed by atoms with Gasteiger partial charge in [0.05, 0.1) is 22.8 Å². The molecular formula is C102H78BClN12O2. The maximum absolute atomic E-state index is 9.56. The van der Waals surface area contributed by atoms with Gasteiger partial charge in [-0.05, 0) is 202 Å². The van der Waals surface area contributed by atoms with Crippen LogP contribution in [0.15, 0.2) is 280 Å². The zero-order valence-electron chi connectivity index (χ0n) is 66.8. The number of hydrogen-bond acceptors (Lipinski definition) is 14. The quantitative estimate of drug-likeness (QED) is 0.136. The number of rotatable bonds is 8. The molecule has 14 nitrogen and oxygen atoms in total. The molecule has 0 bridgehead atoms. The van der Waals surface area contributed by atoms with E-state index in [9.17, 15) is 10.0 Å². The van der Waals surface area contributed by atoms with E-state index in [0.717, 1.165) is 111 Å². The number of pyridine rings is 6. The van der Waals surface area contributed by atoms with Crippen LogP contribution in [0.4, 0.5) is 0 Å². The van der Waals surface area contributed by atoms with Crippen molar-refractivity contribution in [2.75, 3.05) is 0 Å². The summed E-state index contributed by atoms with van der Waals surface area (Å²) in [6.45, 7) is 22.0. The summed E-state index contributed by atoms with van der Waals surface area (Å²) in [6.07, 6.45) is 7.24. The fourth-order valence-corrected chi connectivity index (χ4v) is 18.6. The molecule has 0 saturated heterocycles. The van der Waals surface area contributed by atoms with E-state index < -0.39 is 7.12 Å². The number of halogens is 1. The Morgan fingerprint density at radius 3 is 1.05 bits per heavy atom. The van der Waals surface area contributed by atoms with Gasteiger partial charge >= 0.3 is 7.12 Å². The number of nitrogens with zero attached hydrogens (tertiary/aromatic N) is 12. The van der Waals surface area contributed by atoms with Crippen molar-refractivity contribution in [3.05, 3.63) is 341 Å². The Morgan fingerprint density at radius 1 is 0.271 bits per heavy atom. The summed E-state index contributed by atoms with van der Waals surface area (Å²) in [5, 5.41) is 28.4. The Balaban J connectivity index is 0.000000124. The van der Waals surface area contributed by atoms with E-state index in [1.165, 1.54) is 71.6 Å². The van der Waals surface area contributed by atoms with Crippen molar-refractivity contribution >= 4 is 67.3 Å². The fraction of sp³-hybridized carbons (Fsp3) is 0.137. The molecule has 0 amide bonds. The van der Waals surface area contributed by atoms with Gasteiger partial charge in [-0.25, -0.2) is 29.9 Å². The second kappa shape index (κ2) is 27.8. The van der Waals surface area contributed by atoms with Gasteiger partial charge in [-0.1, -0.05) is 243 Å². The monoisotopic (exact) mass is 1550 g/mol. The van der Waals surface area contributed by atoms with Crippen molar-refractivity contribution in [3.63, 3.8) is 0 Å². The molecular weight excluding hydrogens is 1470 g/mol. The van der Waals surface area contributed by atoms with Gasteiger partial charge in [-0.15, -0.1) is 0 Å². The van der Waals surface area contributed by atoms with Gasteiger partial charge in [0.1, 0.15) is 11.4 Å². The SMILES string of the molecule is CC1(C)c2cc3c(cc2-c2ncccc21)C(C)(C)c1cc(B(O)O)cnc1-3.Cc1cc(-c2cccc3ccccc23)cc(-c2nc(-c3cnc4c(c3)C(C)(C)c3cc5c(cc3-4)C(C)(C)c3cccnc3-5)nc(-c3cccc4ccccc34)n2)n1.Cc1cc(-c2cccc3ccccc23)cc(-c2nc(Cl)nc(-c3cccc4ccccc34)n2)n1. The van der Waals surface area contributed by atoms with Gasteiger partial charge < -0.3 is 10.0 Å². The molecule has 8 heterocycles. The first kappa shape index (κ1) is 73.3. The van der Waals surface area contributed by atoms with Crippen LogP contribution in [0.25, 0.3) is 168 Å². The largest absolute Gasteiger partial charge is 0.490 e. The highest BCUT2D eigenvalue weighted by Gasteiger charge is 2.45. The minimum absolute atomic E-state index is 0.109. The first-order chi connectivity index (χ1) is 57.0. The van der Waals surface area contributed by atoms with Gasteiger partial charge in [0.2, 0.25) is 5.28 Å². The molecule has 0 unspecified atom stereocenters. The topological polar surface area (TPSA) is 195 Å². The number of fused-ring (bicyclic) bond motifs is 16. The molecule has 4 aliphatic carbocycles. The minimum atomic E-state index is -1.51. The normalized spacial score (nSPS) is 14.1. The van der Waals surface area contributed by atoms with Crippen LogP contribution in [-0.4, -0.2) is 77.0 Å². The molecule has 10 aromatic carbocycles. The van der Waals surface area contributed by atoms with Gasteiger partial charge in [-0.3, -0.25) is 19.9 Å². The summed E-state index contributed by atoms with van der Waals surface area (Å²) in [6, 6.07) is 88.6. The van der Waals surface area contributed by atoms with Gasteiger partial charge in [0.25, 0.3) is 0 Å². The standard InChI is InChI=1S/C51H38N6.C29H19ClN4.C22H21BN2O2/c1-29-23-32(36-19-10-15-30-13-6-8-17-34(30)36)25-44(54-29)49-56-47(55-48(57-49)37-20-11-16-31-14-7-9-18-35(31)37)33-24-43-46(53-28-33)39-27-41-38(26-42(39)51(43,4)5)45-40(50(41,2)3)21-12-22-52-45;1-18-16-21(24-14-6-10-19-8-2-4-12-22(19)24)17-26(31-18)28-32-27(33-29(30)34-28)25-15-7-11-20-9-3-5-13-23(20)25;1-21(2)15-6-5-7-24-19(15)13-9-17-14(10-16(13)21)20-18(22(17,3)4)8-12(11-25-20)23(26)27/h6-28H,1-5H3;2-17H,1H3;5-11,26-27H,1-4H3. The van der Waals surface area contributed by atoms with Crippen LogP contribution in [-0.2, 0) is 21.7 Å². The zero-order chi connectivity index (χ0) is 80.8. The number of benzene rings is 10. The second-order valence-electron chi connectivity index (χ2n) is 33.3. The average molecular weight is 1550 g/mol. The molecule has 568 valence electrons. The van der Waals surface area contributed by atoms with E-state index in [1.54, 1.807) is 6.20 Å². The van der Waals surface area contributed by atoms with Crippen LogP contribution >= 0.6 is 11.6 Å². The third-order valence-electron chi connectivity index (χ3n) is 24.6. The van der Waals surface area contributed by atoms with E-state index in [2.05, 4.69) is 282 Å². The van der Waals surface area contributed by atoms with Crippen molar-refractivity contribution in [1.29, 1.82) is 0 Å². The van der Waals surface area contributed by atoms with Crippen LogP contribution < -0.4 is 5.46 Å². The first-order valence-electron chi connectivity index (χ1n) is 39.8. The smallest absolute Gasteiger partial charge is 0.423 e. The van der Waals surface area contributed by atoms with Crippen LogP contribution in [0.5, 0.6) is 0 Å². The highest BCUT2D eigenvalue weighted by Crippen LogP contribution is 2.58. The van der Waals surface area contributed by atoms with Crippen LogP contribution in [0.1, 0.15) is 111 Å². The second-order valence-corrected chi connectivity index (χ2v) is 33.6. The predicted octanol–water partition coefficient (Wildman–Crippen LogP) is 22.3. The summed E-state index contributed by atoms with van der Waals surface area (Å²) in [4.78, 5) is 58.4. The summed E-state index contributed by atoms with van der Waals surface area (Å²) >= 11 is 6.39. The predicted molar refractivity (Wildman–Crippen MR) is 476 cm³/mol. The van der Waals surface area contributed by atoms with Crippen molar-refractivity contribution in [3.8, 4) is 124 Å². The van der Waals surface area contributed by atoms with E-state index >= 15 is 0 Å². The molecule has 16 heteroatoms. The number of aryl methyl sites for hydroxylation is 2. The first-order valence-corrected chi connectivity index (χ1v) is 40.2. The lowest BCUT2D eigenvalue weighted by molar-refractivity contribution is 0.425. The Bertz CT molecular complexity index is 7110. The third kappa shape index (κ3) is 12.2. The molecule has 18 aromatic rings. The van der Waals surface area contributed by atoms with E-state index in [4.69, 9.17) is 51.5 Å². The molecule has 118 heavy (non-hydrogen) atoms. The van der Waals surface area contributed by atoms with E-state index in [0.29, 0.717) is 46.0 Å². The van der Waals surface area contributed by atoms with Crippen molar-refractivity contribution < 1.29 is 10.0 Å². The fourth-order valence-electron chi connectivity index (χ4n) is 18.5. The van der Waals surface area contributed by atoms with Crippen LogP contribution in [0, 0.1) is 13.8 Å². The third-order valence-corrected chi connectivity index (χ3v) is 24.7. The van der Waals surface area contributed by atoms with Gasteiger partial charge in [0, 0.05) is 102 Å². The molecule has 0 aliphatic heterocycles. The molecule has 0 spiro atoms. The summed E-state index contributed by atoms with van der Waals surface area (Å²) in [7, 11) is -1.51. The van der Waals surface area contributed by atoms with E-state index in [1.807, 2.05) is 81.0 Å². The number of aromatic nitrogens is 12. The Morgan fingerprint density at radius 2 is 0.610 bits per heavy atom. The van der Waals surface area contributed by atoms with Gasteiger partial charge in [0.15, 0.2) is 29.1 Å². The maximum Gasteiger partial charge on any atom is 0.490 e. The molecule has 0 fully saturated rings.